The topological polar surface area (TPSA) is 91.8 Å². The highest BCUT2D eigenvalue weighted by atomic mass is 16.5. The zero-order valence-corrected chi connectivity index (χ0v) is 11.9. The highest BCUT2D eigenvalue weighted by Gasteiger charge is 2.27. The van der Waals surface area contributed by atoms with Crippen LogP contribution in [0.1, 0.15) is 19.8 Å². The summed E-state index contributed by atoms with van der Waals surface area (Å²) < 4.78 is 5.23. The van der Waals surface area contributed by atoms with Gasteiger partial charge in [-0.25, -0.2) is 9.78 Å². The Bertz CT molecular complexity index is 503. The summed E-state index contributed by atoms with van der Waals surface area (Å²) in [5, 5.41) is 11.5. The maximum absolute atomic E-state index is 12.1. The number of aromatic nitrogens is 1. The molecule has 2 N–H and O–H groups in total. The smallest absolute Gasteiger partial charge is 0.321 e. The van der Waals surface area contributed by atoms with Crippen molar-refractivity contribution < 1.29 is 19.4 Å². The van der Waals surface area contributed by atoms with E-state index in [4.69, 9.17) is 9.84 Å². The fraction of sp³-hybridized carbons (Fsp3) is 0.500. The SMILES string of the molecule is CCOc1ccc(NC(=O)N2CCC(CC(=O)O)C2)cn1. The van der Waals surface area contributed by atoms with Gasteiger partial charge in [0.15, 0.2) is 0 Å². The molecule has 1 aliphatic heterocycles. The zero-order chi connectivity index (χ0) is 15.2. The Morgan fingerprint density at radius 3 is 2.95 bits per heavy atom. The Hall–Kier alpha value is -2.31. The number of carboxylic acids is 1. The van der Waals surface area contributed by atoms with Gasteiger partial charge in [0.25, 0.3) is 0 Å². The number of urea groups is 1. The van der Waals surface area contributed by atoms with Crippen molar-refractivity contribution in [3.8, 4) is 5.88 Å². The molecule has 0 aliphatic carbocycles. The molecule has 21 heavy (non-hydrogen) atoms. The van der Waals surface area contributed by atoms with Gasteiger partial charge in [-0.15, -0.1) is 0 Å². The molecule has 0 aromatic carbocycles. The van der Waals surface area contributed by atoms with Gasteiger partial charge in [0.05, 0.1) is 18.5 Å². The van der Waals surface area contributed by atoms with Crippen LogP contribution in [0.3, 0.4) is 0 Å². The first-order chi connectivity index (χ1) is 10.1. The number of carbonyl (C=O) groups excluding carboxylic acids is 1. The molecule has 1 saturated heterocycles. The van der Waals surface area contributed by atoms with Gasteiger partial charge >= 0.3 is 12.0 Å². The molecule has 0 spiro atoms. The van der Waals surface area contributed by atoms with Crippen molar-refractivity contribution in [2.24, 2.45) is 5.92 Å². The van der Waals surface area contributed by atoms with Crippen LogP contribution < -0.4 is 10.1 Å². The number of pyridine rings is 1. The minimum absolute atomic E-state index is 0.0340. The second-order valence-electron chi connectivity index (χ2n) is 4.95. The number of likely N-dealkylation sites (tertiary alicyclic amines) is 1. The first-order valence-electron chi connectivity index (χ1n) is 6.95. The predicted octanol–water partition coefficient (Wildman–Crippen LogP) is 1.81. The van der Waals surface area contributed by atoms with Crippen molar-refractivity contribution in [3.05, 3.63) is 18.3 Å². The third-order valence-electron chi connectivity index (χ3n) is 3.32. The van der Waals surface area contributed by atoms with E-state index in [2.05, 4.69) is 10.3 Å². The zero-order valence-electron chi connectivity index (χ0n) is 11.9. The van der Waals surface area contributed by atoms with Crippen LogP contribution in [0.2, 0.25) is 0 Å². The van der Waals surface area contributed by atoms with E-state index in [9.17, 15) is 9.59 Å². The Kier molecular flexibility index (Phi) is 4.97. The average Bonchev–Trinajstić information content (AvgIpc) is 2.89. The van der Waals surface area contributed by atoms with Gasteiger partial charge < -0.3 is 20.1 Å². The maximum Gasteiger partial charge on any atom is 0.321 e. The van der Waals surface area contributed by atoms with Crippen LogP contribution >= 0.6 is 0 Å². The number of ether oxygens (including phenoxy) is 1. The maximum atomic E-state index is 12.1. The summed E-state index contributed by atoms with van der Waals surface area (Å²) in [5.41, 5.74) is 0.588. The molecule has 7 heteroatoms. The summed E-state index contributed by atoms with van der Waals surface area (Å²) in [4.78, 5) is 28.4. The van der Waals surface area contributed by atoms with Crippen molar-refractivity contribution in [2.45, 2.75) is 19.8 Å². The van der Waals surface area contributed by atoms with E-state index in [0.717, 1.165) is 6.42 Å². The number of hydrogen-bond donors (Lipinski definition) is 2. The number of hydrogen-bond acceptors (Lipinski definition) is 4. The van der Waals surface area contributed by atoms with Gasteiger partial charge in [-0.2, -0.15) is 0 Å². The molecule has 0 saturated carbocycles. The number of rotatable bonds is 5. The number of amides is 2. The lowest BCUT2D eigenvalue weighted by Gasteiger charge is -2.17. The Labute approximate surface area is 122 Å². The van der Waals surface area contributed by atoms with Crippen LogP contribution in [-0.2, 0) is 4.79 Å². The fourth-order valence-corrected chi connectivity index (χ4v) is 2.32. The molecule has 1 atom stereocenters. The molecule has 7 nitrogen and oxygen atoms in total. The normalized spacial score (nSPS) is 17.6. The fourth-order valence-electron chi connectivity index (χ4n) is 2.32. The van der Waals surface area contributed by atoms with Crippen molar-refractivity contribution >= 4 is 17.7 Å². The van der Waals surface area contributed by atoms with E-state index in [-0.39, 0.29) is 18.4 Å². The van der Waals surface area contributed by atoms with Crippen molar-refractivity contribution in [1.29, 1.82) is 0 Å². The lowest BCUT2D eigenvalue weighted by atomic mass is 10.1. The predicted molar refractivity (Wildman–Crippen MR) is 76.4 cm³/mol. The molecule has 114 valence electrons. The van der Waals surface area contributed by atoms with Crippen LogP contribution in [0.5, 0.6) is 5.88 Å². The summed E-state index contributed by atoms with van der Waals surface area (Å²) in [5.74, 6) is -0.275. The molecule has 1 aromatic rings. The van der Waals surface area contributed by atoms with Crippen LogP contribution in [0.4, 0.5) is 10.5 Å². The molecule has 1 aromatic heterocycles. The summed E-state index contributed by atoms with van der Waals surface area (Å²) in [6.07, 6.45) is 2.36. The van der Waals surface area contributed by atoms with E-state index < -0.39 is 5.97 Å². The van der Waals surface area contributed by atoms with E-state index in [1.165, 1.54) is 6.20 Å². The number of nitrogens with one attached hydrogen (secondary N) is 1. The molecule has 1 unspecified atom stereocenters. The molecule has 2 heterocycles. The Morgan fingerprint density at radius 2 is 2.33 bits per heavy atom. The van der Waals surface area contributed by atoms with Crippen LogP contribution in [-0.4, -0.2) is 46.7 Å². The Morgan fingerprint density at radius 1 is 1.52 bits per heavy atom. The number of nitrogens with zero attached hydrogens (tertiary/aromatic N) is 2. The van der Waals surface area contributed by atoms with Crippen LogP contribution in [0.15, 0.2) is 18.3 Å². The van der Waals surface area contributed by atoms with Gasteiger partial charge in [0, 0.05) is 25.6 Å². The lowest BCUT2D eigenvalue weighted by Crippen LogP contribution is -2.33. The summed E-state index contributed by atoms with van der Waals surface area (Å²) in [6, 6.07) is 3.19. The second-order valence-corrected chi connectivity index (χ2v) is 4.95. The van der Waals surface area contributed by atoms with Gasteiger partial charge in [0.2, 0.25) is 5.88 Å². The van der Waals surface area contributed by atoms with Gasteiger partial charge in [-0.05, 0) is 25.3 Å². The highest BCUT2D eigenvalue weighted by molar-refractivity contribution is 5.89. The van der Waals surface area contributed by atoms with E-state index in [0.29, 0.717) is 31.3 Å². The monoisotopic (exact) mass is 293 g/mol. The number of carboxylic acid groups (broad SMARTS) is 1. The summed E-state index contributed by atoms with van der Waals surface area (Å²) in [7, 11) is 0. The van der Waals surface area contributed by atoms with Crippen molar-refractivity contribution in [3.63, 3.8) is 0 Å². The molecular weight excluding hydrogens is 274 g/mol. The first-order valence-corrected chi connectivity index (χ1v) is 6.95. The van der Waals surface area contributed by atoms with Crippen molar-refractivity contribution in [1.82, 2.24) is 9.88 Å². The average molecular weight is 293 g/mol. The molecule has 1 fully saturated rings. The molecule has 2 rings (SSSR count). The first kappa shape index (κ1) is 15.1. The summed E-state index contributed by atoms with van der Waals surface area (Å²) >= 11 is 0. The second kappa shape index (κ2) is 6.92. The third kappa shape index (κ3) is 4.34. The quantitative estimate of drug-likeness (QED) is 0.863. The molecule has 0 radical (unpaired) electrons. The van der Waals surface area contributed by atoms with Crippen LogP contribution in [0, 0.1) is 5.92 Å². The highest BCUT2D eigenvalue weighted by Crippen LogP contribution is 2.20. The van der Waals surface area contributed by atoms with E-state index in [1.807, 2.05) is 6.92 Å². The minimum Gasteiger partial charge on any atom is -0.481 e. The summed E-state index contributed by atoms with van der Waals surface area (Å²) in [6.45, 7) is 3.46. The number of anilines is 1. The Balaban J connectivity index is 1.85. The molecule has 1 aliphatic rings. The largest absolute Gasteiger partial charge is 0.481 e. The van der Waals surface area contributed by atoms with E-state index >= 15 is 0 Å². The lowest BCUT2D eigenvalue weighted by molar-refractivity contribution is -0.138. The molecular formula is C14H19N3O4. The van der Waals surface area contributed by atoms with Gasteiger partial charge in [-0.1, -0.05) is 0 Å². The minimum atomic E-state index is -0.821. The number of aliphatic carboxylic acids is 1. The van der Waals surface area contributed by atoms with E-state index in [1.54, 1.807) is 17.0 Å². The third-order valence-corrected chi connectivity index (χ3v) is 3.32. The van der Waals surface area contributed by atoms with Gasteiger partial charge in [-0.3, -0.25) is 4.79 Å². The van der Waals surface area contributed by atoms with Crippen LogP contribution in [0.25, 0.3) is 0 Å². The standard InChI is InChI=1S/C14H19N3O4/c1-2-21-12-4-3-11(8-15-12)16-14(20)17-6-5-10(9-17)7-13(18)19/h3-4,8,10H,2,5-7,9H2,1H3,(H,16,20)(H,18,19). The van der Waals surface area contributed by atoms with Gasteiger partial charge in [0.1, 0.15) is 0 Å². The number of carbonyl (C=O) groups is 2. The molecule has 2 amide bonds. The molecule has 0 bridgehead atoms. The van der Waals surface area contributed by atoms with Crippen molar-refractivity contribution in [2.75, 3.05) is 25.0 Å².